The first kappa shape index (κ1) is 21.5. The second-order valence-electron chi connectivity index (χ2n) is 7.74. The molecule has 1 unspecified atom stereocenters. The minimum atomic E-state index is -1.36. The van der Waals surface area contributed by atoms with Crippen molar-refractivity contribution < 1.29 is 13.9 Å². The molecule has 0 saturated heterocycles. The van der Waals surface area contributed by atoms with Gasteiger partial charge in [-0.25, -0.2) is 8.78 Å². The van der Waals surface area contributed by atoms with Crippen molar-refractivity contribution in [2.24, 2.45) is 5.92 Å². The second kappa shape index (κ2) is 8.76. The average molecular weight is 445 g/mol. The number of fused-ring (bicyclic) bond motifs is 3. The van der Waals surface area contributed by atoms with Gasteiger partial charge in [0.25, 0.3) is 5.56 Å². The van der Waals surface area contributed by atoms with Gasteiger partial charge >= 0.3 is 0 Å². The zero-order chi connectivity index (χ0) is 22.1. The normalized spacial score (nSPS) is 12.8. The lowest BCUT2D eigenvalue weighted by molar-refractivity contribution is 0.193. The number of halogens is 2. The highest BCUT2D eigenvalue weighted by Gasteiger charge is 2.21. The molecule has 6 nitrogen and oxygen atoms in total. The van der Waals surface area contributed by atoms with Gasteiger partial charge < -0.3 is 5.11 Å². The van der Waals surface area contributed by atoms with Crippen LogP contribution in [0.25, 0.3) is 16.7 Å². The largest absolute Gasteiger partial charge is 0.387 e. The Balaban J connectivity index is 1.75. The molecule has 0 radical (unpaired) electrons. The lowest BCUT2D eigenvalue weighted by Crippen LogP contribution is -2.24. The van der Waals surface area contributed by atoms with Gasteiger partial charge in [-0.05, 0) is 36.6 Å². The molecule has 2 aromatic heterocycles. The Morgan fingerprint density at radius 1 is 1.06 bits per heavy atom. The van der Waals surface area contributed by atoms with Gasteiger partial charge in [-0.15, -0.1) is 10.2 Å². The Bertz CT molecular complexity index is 1280. The van der Waals surface area contributed by atoms with Crippen molar-refractivity contribution in [2.75, 3.05) is 5.75 Å². The number of thioether (sulfide) groups is 1. The van der Waals surface area contributed by atoms with Crippen LogP contribution in [0.5, 0.6) is 0 Å². The van der Waals surface area contributed by atoms with Crippen molar-refractivity contribution in [3.63, 3.8) is 0 Å². The standard InChI is InChI=1S/C22H22F2N4O2S/c1-13(2)10-11-27-20(30)14-6-3-4-9-17(14)28-21(27)25-26-22(28)31-12-18(29)19-15(23)7-5-8-16(19)24/h3-9,13,18,29H,10-12H2,1-2H3. The molecule has 4 aromatic rings. The second-order valence-corrected chi connectivity index (χ2v) is 8.72. The Hall–Kier alpha value is -2.78. The fourth-order valence-corrected chi connectivity index (χ4v) is 4.36. The van der Waals surface area contributed by atoms with E-state index in [9.17, 15) is 18.7 Å². The maximum atomic E-state index is 14.0. The molecule has 9 heteroatoms. The third-order valence-electron chi connectivity index (χ3n) is 5.11. The molecule has 0 aliphatic rings. The molecule has 162 valence electrons. The number of aryl methyl sites for hydroxylation is 1. The molecule has 0 saturated carbocycles. The molecular formula is C22H22F2N4O2S. The fraction of sp³-hybridized carbons (Fsp3) is 0.318. The van der Waals surface area contributed by atoms with E-state index >= 15 is 0 Å². The van der Waals surface area contributed by atoms with Crippen LogP contribution in [0.2, 0.25) is 0 Å². The molecule has 0 bridgehead atoms. The van der Waals surface area contributed by atoms with Crippen molar-refractivity contribution >= 4 is 28.4 Å². The van der Waals surface area contributed by atoms with E-state index in [0.717, 1.165) is 30.3 Å². The number of nitrogens with zero attached hydrogens (tertiary/aromatic N) is 4. The van der Waals surface area contributed by atoms with E-state index in [-0.39, 0.29) is 16.9 Å². The van der Waals surface area contributed by atoms with Gasteiger partial charge in [0, 0.05) is 12.3 Å². The van der Waals surface area contributed by atoms with Crippen molar-refractivity contribution in [1.29, 1.82) is 0 Å². The summed E-state index contributed by atoms with van der Waals surface area (Å²) >= 11 is 1.12. The number of benzene rings is 2. The molecule has 0 fully saturated rings. The summed E-state index contributed by atoms with van der Waals surface area (Å²) in [5.74, 6) is -0.822. The Morgan fingerprint density at radius 3 is 2.48 bits per heavy atom. The molecule has 1 atom stereocenters. The summed E-state index contributed by atoms with van der Waals surface area (Å²) < 4.78 is 31.3. The predicted molar refractivity (Wildman–Crippen MR) is 116 cm³/mol. The SMILES string of the molecule is CC(C)CCn1c(=O)c2ccccc2n2c(SCC(O)c3c(F)cccc3F)nnc12. The lowest BCUT2D eigenvalue weighted by Gasteiger charge is -2.14. The van der Waals surface area contributed by atoms with Crippen molar-refractivity contribution in [3.8, 4) is 0 Å². The van der Waals surface area contributed by atoms with Crippen LogP contribution in [0.4, 0.5) is 8.78 Å². The summed E-state index contributed by atoms with van der Waals surface area (Å²) in [5.41, 5.74) is 0.131. The quantitative estimate of drug-likeness (QED) is 0.433. The van der Waals surface area contributed by atoms with Crippen LogP contribution in [0.15, 0.2) is 52.4 Å². The topological polar surface area (TPSA) is 72.4 Å². The van der Waals surface area contributed by atoms with E-state index in [1.54, 1.807) is 27.2 Å². The summed E-state index contributed by atoms with van der Waals surface area (Å²) in [6, 6.07) is 10.6. The van der Waals surface area contributed by atoms with Gasteiger partial charge in [0.05, 0.1) is 22.6 Å². The highest BCUT2D eigenvalue weighted by atomic mass is 32.2. The number of para-hydroxylation sites is 1. The predicted octanol–water partition coefficient (Wildman–Crippen LogP) is 4.19. The first-order chi connectivity index (χ1) is 14.9. The van der Waals surface area contributed by atoms with Crippen molar-refractivity contribution in [2.45, 2.75) is 38.1 Å². The number of hydrogen-bond donors (Lipinski definition) is 1. The summed E-state index contributed by atoms with van der Waals surface area (Å²) in [7, 11) is 0. The monoisotopic (exact) mass is 444 g/mol. The lowest BCUT2D eigenvalue weighted by atomic mass is 10.1. The number of rotatable bonds is 7. The molecule has 0 amide bonds. The van der Waals surface area contributed by atoms with Gasteiger partial charge in [0.2, 0.25) is 5.78 Å². The third-order valence-corrected chi connectivity index (χ3v) is 6.12. The van der Waals surface area contributed by atoms with Gasteiger partial charge in [0.1, 0.15) is 11.6 Å². The molecular weight excluding hydrogens is 422 g/mol. The first-order valence-corrected chi connectivity index (χ1v) is 11.0. The van der Waals surface area contributed by atoms with Crippen LogP contribution >= 0.6 is 11.8 Å². The number of aliphatic hydroxyl groups excluding tert-OH is 1. The summed E-state index contributed by atoms with van der Waals surface area (Å²) in [6.07, 6.45) is -0.564. The van der Waals surface area contributed by atoms with E-state index in [1.807, 2.05) is 6.07 Å². The highest BCUT2D eigenvalue weighted by Crippen LogP contribution is 2.28. The average Bonchev–Trinajstić information content (AvgIpc) is 3.16. The van der Waals surface area contributed by atoms with E-state index < -0.39 is 17.7 Å². The van der Waals surface area contributed by atoms with Gasteiger partial charge in [-0.2, -0.15) is 0 Å². The van der Waals surface area contributed by atoms with Crippen molar-refractivity contribution in [1.82, 2.24) is 19.2 Å². The van der Waals surface area contributed by atoms with Crippen LogP contribution in [0, 0.1) is 17.6 Å². The molecule has 2 heterocycles. The zero-order valence-electron chi connectivity index (χ0n) is 17.1. The number of hydrogen-bond acceptors (Lipinski definition) is 5. The molecule has 0 aliphatic heterocycles. The minimum absolute atomic E-state index is 0.0297. The van der Waals surface area contributed by atoms with Crippen LogP contribution in [0.1, 0.15) is 31.9 Å². The third kappa shape index (κ3) is 4.07. The Kier molecular flexibility index (Phi) is 6.06. The molecule has 0 spiro atoms. The van der Waals surface area contributed by atoms with Crippen LogP contribution in [-0.2, 0) is 6.54 Å². The van der Waals surface area contributed by atoms with Crippen LogP contribution in [-0.4, -0.2) is 30.0 Å². The highest BCUT2D eigenvalue weighted by molar-refractivity contribution is 7.99. The molecule has 2 aromatic carbocycles. The van der Waals surface area contributed by atoms with Crippen LogP contribution in [0.3, 0.4) is 0 Å². The van der Waals surface area contributed by atoms with Crippen LogP contribution < -0.4 is 5.56 Å². The van der Waals surface area contributed by atoms with E-state index in [2.05, 4.69) is 24.0 Å². The maximum Gasteiger partial charge on any atom is 0.262 e. The fourth-order valence-electron chi connectivity index (χ4n) is 3.48. The zero-order valence-corrected chi connectivity index (χ0v) is 17.9. The number of aromatic nitrogens is 4. The first-order valence-electron chi connectivity index (χ1n) is 10.00. The summed E-state index contributed by atoms with van der Waals surface area (Å²) in [5, 5.41) is 19.8. The summed E-state index contributed by atoms with van der Waals surface area (Å²) in [4.78, 5) is 13.0. The van der Waals surface area contributed by atoms with E-state index in [0.29, 0.717) is 34.3 Å². The van der Waals surface area contributed by atoms with Crippen molar-refractivity contribution in [3.05, 3.63) is 70.0 Å². The minimum Gasteiger partial charge on any atom is -0.387 e. The Labute approximate surface area is 181 Å². The van der Waals surface area contributed by atoms with E-state index in [4.69, 9.17) is 0 Å². The van der Waals surface area contributed by atoms with Gasteiger partial charge in [-0.3, -0.25) is 13.8 Å². The number of aliphatic hydroxyl groups is 1. The Morgan fingerprint density at radius 2 is 1.77 bits per heavy atom. The molecule has 31 heavy (non-hydrogen) atoms. The molecule has 0 aliphatic carbocycles. The molecule has 4 rings (SSSR count). The molecule has 1 N–H and O–H groups in total. The maximum absolute atomic E-state index is 14.0. The van der Waals surface area contributed by atoms with Gasteiger partial charge in [0.15, 0.2) is 5.16 Å². The summed E-state index contributed by atoms with van der Waals surface area (Å²) in [6.45, 7) is 4.66. The van der Waals surface area contributed by atoms with Gasteiger partial charge in [-0.1, -0.05) is 43.8 Å². The smallest absolute Gasteiger partial charge is 0.262 e. The van der Waals surface area contributed by atoms with E-state index in [1.165, 1.54) is 6.07 Å².